The van der Waals surface area contributed by atoms with Gasteiger partial charge in [0.25, 0.3) is 0 Å². The monoisotopic (exact) mass is 1340 g/mol. The molecule has 100 heavy (non-hydrogen) atoms. The van der Waals surface area contributed by atoms with E-state index in [1.165, 1.54) is 103 Å². The quantitative estimate of drug-likeness (QED) is 0.0945. The van der Waals surface area contributed by atoms with Gasteiger partial charge in [-0.2, -0.15) is 0 Å². The first-order valence-electron chi connectivity index (χ1n) is 34.5. The molecule has 4 heterocycles. The maximum absolute atomic E-state index is 2.70. The van der Waals surface area contributed by atoms with Crippen molar-refractivity contribution in [2.45, 2.75) is 0 Å². The van der Waals surface area contributed by atoms with Crippen LogP contribution in [0.25, 0.3) is 43.8 Å². The van der Waals surface area contributed by atoms with Crippen molar-refractivity contribution in [1.29, 1.82) is 0 Å². The predicted molar refractivity (Wildman–Crippen MR) is 427 cm³/mol. The Hall–Kier alpha value is -12.3. The second-order valence-corrected chi connectivity index (χ2v) is 28.5. The van der Waals surface area contributed by atoms with Gasteiger partial charge >= 0.3 is 576 Å². The van der Waals surface area contributed by atoms with E-state index in [1.54, 1.807) is 0 Å². The molecule has 0 spiro atoms. The molecule has 0 saturated heterocycles. The van der Waals surface area contributed by atoms with Gasteiger partial charge in [-0.25, -0.2) is 0 Å². The van der Waals surface area contributed by atoms with Crippen LogP contribution in [0.2, 0.25) is 0 Å². The molecular formula is C92H61B2N5Se. The number of hydrogen-bond acceptors (Lipinski definition) is 5. The van der Waals surface area contributed by atoms with Crippen LogP contribution >= 0.6 is 0 Å². The minimum atomic E-state index is -0.196. The fourth-order valence-electron chi connectivity index (χ4n) is 16.8. The van der Waals surface area contributed by atoms with Gasteiger partial charge < -0.3 is 0 Å². The van der Waals surface area contributed by atoms with Crippen molar-refractivity contribution in [1.82, 2.24) is 0 Å². The number of anilines is 15. The third kappa shape index (κ3) is 9.18. The molecule has 4 aliphatic rings. The van der Waals surface area contributed by atoms with Gasteiger partial charge in [0.05, 0.1) is 0 Å². The van der Waals surface area contributed by atoms with Gasteiger partial charge in [-0.05, 0) is 0 Å². The number of nitrogens with zero attached hydrogens (tertiary/aromatic N) is 5. The van der Waals surface area contributed by atoms with E-state index in [4.69, 9.17) is 0 Å². The molecule has 0 aromatic heterocycles. The van der Waals surface area contributed by atoms with Crippen molar-refractivity contribution in [2.75, 3.05) is 24.5 Å². The average Bonchev–Trinajstić information content (AvgIpc) is 0.689. The van der Waals surface area contributed by atoms with E-state index in [0.717, 1.165) is 68.1 Å². The minimum absolute atomic E-state index is 0.0807. The fraction of sp³-hybridized carbons (Fsp3) is 0. The van der Waals surface area contributed by atoms with Crippen LogP contribution in [0.3, 0.4) is 0 Å². The molecule has 0 amide bonds. The number of benzene rings is 16. The zero-order valence-electron chi connectivity index (χ0n) is 54.5. The summed E-state index contributed by atoms with van der Waals surface area (Å²) in [6, 6.07) is 138. The van der Waals surface area contributed by atoms with Crippen LogP contribution in [0, 0.1) is 0 Å². The molecule has 0 aliphatic carbocycles. The van der Waals surface area contributed by atoms with Crippen LogP contribution in [-0.2, 0) is 0 Å². The zero-order chi connectivity index (χ0) is 65.8. The average molecular weight is 1340 g/mol. The molecule has 0 saturated carbocycles. The van der Waals surface area contributed by atoms with Crippen LogP contribution in [0.4, 0.5) is 85.3 Å². The molecular weight excluding hydrogens is 1280 g/mol. The van der Waals surface area contributed by atoms with Crippen molar-refractivity contribution < 1.29 is 0 Å². The van der Waals surface area contributed by atoms with Crippen molar-refractivity contribution in [3.05, 3.63) is 370 Å². The molecule has 20 rings (SSSR count). The van der Waals surface area contributed by atoms with Crippen LogP contribution in [0.15, 0.2) is 370 Å². The van der Waals surface area contributed by atoms with E-state index in [0.29, 0.717) is 0 Å². The van der Waals surface area contributed by atoms with Crippen LogP contribution in [0.1, 0.15) is 0 Å². The van der Waals surface area contributed by atoms with Gasteiger partial charge in [0.1, 0.15) is 0 Å². The molecule has 0 N–H and O–H groups in total. The third-order valence-electron chi connectivity index (χ3n) is 20.8. The van der Waals surface area contributed by atoms with Gasteiger partial charge in [0.15, 0.2) is 0 Å². The Morgan fingerprint density at radius 2 is 0.600 bits per heavy atom. The molecule has 0 unspecified atom stereocenters. The number of hydrogen-bond donors (Lipinski definition) is 0. The predicted octanol–water partition coefficient (Wildman–Crippen LogP) is 18.6. The van der Waals surface area contributed by atoms with E-state index in [-0.39, 0.29) is 28.4 Å². The van der Waals surface area contributed by atoms with Crippen LogP contribution in [0.5, 0.6) is 0 Å². The second-order valence-electron chi connectivity index (χ2n) is 26.2. The Labute approximate surface area is 589 Å². The Balaban J connectivity index is 0.909. The summed E-state index contributed by atoms with van der Waals surface area (Å²) in [7, 11) is 0. The van der Waals surface area contributed by atoms with Crippen LogP contribution < -0.4 is 66.2 Å². The van der Waals surface area contributed by atoms with Gasteiger partial charge in [-0.15, -0.1) is 0 Å². The SMILES string of the molecule is c1ccc(-c2c3ccccc3c(-c3ccccc3N3c4cc5c(cc4B4c6ccccc6N(c6ccccc6)c6cc(N(c7ccccc7)c7ccccc7)cc3c64)B3c4ccccc4N(c4ccccc4)c4cc(N(c6ccccc6)c6ccccc6)cc(c43)[Se]5)c3ccccc23)cc1. The molecule has 8 heteroatoms. The first-order chi connectivity index (χ1) is 49.7. The minimum Gasteiger partial charge on any atom is -0.0617 e. The van der Waals surface area contributed by atoms with Crippen molar-refractivity contribution in [2.24, 2.45) is 0 Å². The molecule has 0 atom stereocenters. The molecule has 466 valence electrons. The van der Waals surface area contributed by atoms with Crippen molar-refractivity contribution in [3.8, 4) is 22.3 Å². The summed E-state index contributed by atoms with van der Waals surface area (Å²) in [6.07, 6.45) is 0. The van der Waals surface area contributed by atoms with E-state index < -0.39 is 0 Å². The second kappa shape index (κ2) is 23.8. The molecule has 0 radical (unpaired) electrons. The van der Waals surface area contributed by atoms with Gasteiger partial charge in [0, 0.05) is 0 Å². The van der Waals surface area contributed by atoms with Gasteiger partial charge in [-0.1, -0.05) is 18.2 Å². The summed E-state index contributed by atoms with van der Waals surface area (Å²) in [5.74, 6) is 0. The zero-order valence-corrected chi connectivity index (χ0v) is 56.2. The molecule has 0 bridgehead atoms. The number of fused-ring (bicyclic) bond motifs is 10. The van der Waals surface area contributed by atoms with Gasteiger partial charge in [-0.3, -0.25) is 0 Å². The Bertz CT molecular complexity index is 5730. The number of para-hydroxylation sites is 9. The summed E-state index contributed by atoms with van der Waals surface area (Å²) >= 11 is -0.196. The van der Waals surface area contributed by atoms with E-state index in [1.807, 2.05) is 0 Å². The van der Waals surface area contributed by atoms with E-state index >= 15 is 0 Å². The Morgan fingerprint density at radius 3 is 1.09 bits per heavy atom. The number of rotatable bonds is 11. The summed E-state index contributed by atoms with van der Waals surface area (Å²) < 4.78 is 2.74. The first kappa shape index (κ1) is 57.9. The third-order valence-corrected chi connectivity index (χ3v) is 23.1. The smallest absolute Gasteiger partial charge is 0.0617 e. The van der Waals surface area contributed by atoms with Crippen molar-refractivity contribution in [3.63, 3.8) is 0 Å². The maximum atomic E-state index is 2.70. The Kier molecular flexibility index (Phi) is 13.8. The van der Waals surface area contributed by atoms with Gasteiger partial charge in [0.2, 0.25) is 0 Å². The summed E-state index contributed by atoms with van der Waals surface area (Å²) in [5, 5.41) is 4.86. The molecule has 16 aromatic rings. The molecule has 16 aromatic carbocycles. The fourth-order valence-corrected chi connectivity index (χ4v) is 19.3. The molecule has 5 nitrogen and oxygen atoms in total. The summed E-state index contributed by atoms with van der Waals surface area (Å²) in [5.41, 5.74) is 29.6. The summed E-state index contributed by atoms with van der Waals surface area (Å²) in [6.45, 7) is -0.254. The molecule has 0 fully saturated rings. The van der Waals surface area contributed by atoms with E-state index in [9.17, 15) is 0 Å². The van der Waals surface area contributed by atoms with Crippen molar-refractivity contribution >= 4 is 177 Å². The normalized spacial score (nSPS) is 12.9. The Morgan fingerprint density at radius 1 is 0.230 bits per heavy atom. The van der Waals surface area contributed by atoms with E-state index in [2.05, 4.69) is 395 Å². The molecule has 4 aliphatic heterocycles. The topological polar surface area (TPSA) is 16.2 Å². The van der Waals surface area contributed by atoms with Crippen LogP contribution in [-0.4, -0.2) is 28.4 Å². The summed E-state index contributed by atoms with van der Waals surface area (Å²) in [4.78, 5) is 12.7. The first-order valence-corrected chi connectivity index (χ1v) is 36.2. The standard InChI is InChI=1S/C92H61B2N5Se/c1-8-32-62(33-9-1)89-71-46-22-24-48-73(71)90(74-49-25-23-47-72(74)89)75-50-26-29-53-80(75)99-83-61-87-79(94-77-52-28-31-55-82(77)98(68-44-20-7-21-45-68)86-58-70(59-88(100-87)92(86)94)96(65-38-14-4-15-39-65)66-40-16-5-17-41-66)60-78(83)93-76-51-27-30-54-81(76)97(67-42-18-6-19-43-67)84-56-69(57-85(99)91(84)93)95(63-34-10-2-11-35-63)64-36-12-3-13-37-64/h1-61H.